The monoisotopic (exact) mass is 427 g/mol. The Bertz CT molecular complexity index is 1320. The summed E-state index contributed by atoms with van der Waals surface area (Å²) in [7, 11) is 0. The van der Waals surface area contributed by atoms with Gasteiger partial charge in [0.2, 0.25) is 11.5 Å². The average Bonchev–Trinajstić information content (AvgIpc) is 3.09. The number of allylic oxidation sites excluding steroid dienone is 1. The number of amidine groups is 1. The van der Waals surface area contributed by atoms with E-state index in [0.29, 0.717) is 12.8 Å². The Morgan fingerprint density at radius 1 is 0.968 bits per heavy atom. The quantitative estimate of drug-likeness (QED) is 0.578. The van der Waals surface area contributed by atoms with Gasteiger partial charge in [0.15, 0.2) is 11.8 Å². The lowest BCUT2D eigenvalue weighted by Crippen LogP contribution is -2.46. The first kappa shape index (κ1) is 18.6. The van der Waals surface area contributed by atoms with Crippen LogP contribution in [0.2, 0.25) is 0 Å². The van der Waals surface area contributed by atoms with Gasteiger partial charge in [0.25, 0.3) is 0 Å². The van der Waals surface area contributed by atoms with Gasteiger partial charge in [-0.3, -0.25) is 4.99 Å². The molecule has 0 amide bonds. The molecule has 0 bridgehead atoms. The van der Waals surface area contributed by atoms with E-state index in [9.17, 15) is 5.11 Å². The lowest BCUT2D eigenvalue weighted by atomic mass is 9.81. The highest BCUT2D eigenvalue weighted by molar-refractivity contribution is 6.20. The summed E-state index contributed by atoms with van der Waals surface area (Å²) in [5.74, 6) is 1.02. The van der Waals surface area contributed by atoms with Crippen molar-refractivity contribution in [3.05, 3.63) is 84.3 Å². The number of aliphatic hydroxyl groups excluding tert-OH is 1. The highest BCUT2D eigenvalue weighted by Gasteiger charge is 2.51. The SMILES string of the molecule is OC1CC(C2=NC(c3ccc4ccc(-c5ccccc5)nc4c3)=C3C=NC=C[N+]23Cl)C1. The summed E-state index contributed by atoms with van der Waals surface area (Å²) in [4.78, 5) is 14.2. The number of aliphatic imine (C=N–C) groups is 2. The van der Waals surface area contributed by atoms with Crippen molar-refractivity contribution in [1.82, 2.24) is 4.98 Å². The Morgan fingerprint density at radius 3 is 2.58 bits per heavy atom. The number of hydrogen-bond donors (Lipinski definition) is 1. The molecule has 1 aromatic heterocycles. The van der Waals surface area contributed by atoms with Crippen molar-refractivity contribution in [3.63, 3.8) is 0 Å². The summed E-state index contributed by atoms with van der Waals surface area (Å²) in [6.45, 7) is 0. The molecule has 0 spiro atoms. The van der Waals surface area contributed by atoms with Gasteiger partial charge in [-0.25, -0.2) is 4.98 Å². The van der Waals surface area contributed by atoms with Crippen LogP contribution in [0.5, 0.6) is 0 Å². The van der Waals surface area contributed by atoms with Crippen molar-refractivity contribution in [2.24, 2.45) is 15.9 Å². The molecule has 6 rings (SSSR count). The molecule has 5 nitrogen and oxygen atoms in total. The first-order valence-electron chi connectivity index (χ1n) is 10.4. The molecule has 2 aliphatic heterocycles. The maximum atomic E-state index is 9.81. The third kappa shape index (κ3) is 2.97. The summed E-state index contributed by atoms with van der Waals surface area (Å²) in [5, 5.41) is 10.9. The number of rotatable bonds is 3. The topological polar surface area (TPSA) is 57.8 Å². The Balaban J connectivity index is 1.46. The predicted molar refractivity (Wildman–Crippen MR) is 124 cm³/mol. The molecule has 31 heavy (non-hydrogen) atoms. The van der Waals surface area contributed by atoms with E-state index >= 15 is 0 Å². The zero-order valence-corrected chi connectivity index (χ0v) is 17.4. The minimum absolute atomic E-state index is 0.00570. The standard InChI is InChI=1S/C25H20ClN4O/c26-30-11-10-27-15-23(30)24(29-25(30)19-12-20(31)13-19)18-7-6-17-8-9-21(28-22(17)14-18)16-4-2-1-3-5-16/h1-11,14-15,19-20,31H,12-13H2/q+1. The van der Waals surface area contributed by atoms with Crippen molar-refractivity contribution in [2.75, 3.05) is 0 Å². The normalized spacial score (nSPS) is 26.7. The average molecular weight is 428 g/mol. The van der Waals surface area contributed by atoms with Gasteiger partial charge in [-0.1, -0.05) is 48.5 Å². The van der Waals surface area contributed by atoms with Crippen molar-refractivity contribution in [3.8, 4) is 11.3 Å². The highest BCUT2D eigenvalue weighted by atomic mass is 35.5. The number of benzene rings is 2. The number of quaternary nitrogens is 1. The second kappa shape index (κ2) is 6.95. The van der Waals surface area contributed by atoms with Gasteiger partial charge in [0.05, 0.1) is 35.6 Å². The van der Waals surface area contributed by atoms with Crippen LogP contribution in [0.25, 0.3) is 27.9 Å². The Hall–Kier alpha value is -3.12. The molecule has 3 aliphatic rings. The van der Waals surface area contributed by atoms with E-state index in [1.807, 2.05) is 30.5 Å². The highest BCUT2D eigenvalue weighted by Crippen LogP contribution is 2.45. The number of hydrogen-bond acceptors (Lipinski definition) is 4. The molecule has 6 heteroatoms. The van der Waals surface area contributed by atoms with Crippen LogP contribution < -0.4 is 0 Å². The van der Waals surface area contributed by atoms with Crippen LogP contribution in [-0.4, -0.2) is 32.2 Å². The number of aliphatic hydroxyl groups is 1. The van der Waals surface area contributed by atoms with Crippen molar-refractivity contribution in [1.29, 1.82) is 0 Å². The van der Waals surface area contributed by atoms with Crippen LogP contribution in [0.1, 0.15) is 18.4 Å². The fraction of sp³-hybridized carbons (Fsp3) is 0.160. The van der Waals surface area contributed by atoms with Crippen LogP contribution in [0.15, 0.2) is 88.7 Å². The molecule has 152 valence electrons. The molecule has 1 aliphatic carbocycles. The van der Waals surface area contributed by atoms with Gasteiger partial charge in [0, 0.05) is 16.5 Å². The smallest absolute Gasteiger partial charge is 0.235 e. The van der Waals surface area contributed by atoms with Crippen molar-refractivity contribution in [2.45, 2.75) is 18.9 Å². The minimum Gasteiger partial charge on any atom is -0.393 e. The lowest BCUT2D eigenvalue weighted by molar-refractivity contribution is -0.605. The molecule has 3 heterocycles. The molecular weight excluding hydrogens is 408 g/mol. The summed E-state index contributed by atoms with van der Waals surface area (Å²) >= 11 is 7.04. The summed E-state index contributed by atoms with van der Waals surface area (Å²) in [6, 6.07) is 20.5. The first-order valence-corrected chi connectivity index (χ1v) is 10.7. The van der Waals surface area contributed by atoms with Crippen LogP contribution in [0.3, 0.4) is 0 Å². The summed E-state index contributed by atoms with van der Waals surface area (Å²) in [6.07, 6.45) is 6.45. The first-order chi connectivity index (χ1) is 15.1. The molecule has 1 unspecified atom stereocenters. The van der Waals surface area contributed by atoms with Gasteiger partial charge in [-0.05, 0) is 25.0 Å². The molecule has 1 atom stereocenters. The summed E-state index contributed by atoms with van der Waals surface area (Å²) in [5.41, 5.74) is 5.53. The second-order valence-corrected chi connectivity index (χ2v) is 8.74. The van der Waals surface area contributed by atoms with E-state index in [1.54, 1.807) is 12.4 Å². The molecule has 0 saturated heterocycles. The molecule has 1 fully saturated rings. The molecule has 3 aromatic rings. The van der Waals surface area contributed by atoms with E-state index in [-0.39, 0.29) is 16.0 Å². The third-order valence-corrected chi connectivity index (χ3v) is 6.69. The molecule has 2 aromatic carbocycles. The number of nitrogens with zero attached hydrogens (tertiary/aromatic N) is 4. The lowest BCUT2D eigenvalue weighted by Gasteiger charge is -2.34. The molecule has 0 radical (unpaired) electrons. The van der Waals surface area contributed by atoms with Crippen LogP contribution in [-0.2, 0) is 0 Å². The van der Waals surface area contributed by atoms with Crippen LogP contribution >= 0.6 is 11.8 Å². The fourth-order valence-electron chi connectivity index (χ4n) is 4.47. The van der Waals surface area contributed by atoms with E-state index in [1.165, 1.54) is 0 Å². The van der Waals surface area contributed by atoms with Crippen molar-refractivity contribution < 1.29 is 9.11 Å². The largest absolute Gasteiger partial charge is 0.393 e. The number of aromatic nitrogens is 1. The zero-order chi connectivity index (χ0) is 21.0. The maximum absolute atomic E-state index is 9.81. The Morgan fingerprint density at radius 2 is 1.77 bits per heavy atom. The predicted octanol–water partition coefficient (Wildman–Crippen LogP) is 5.28. The van der Waals surface area contributed by atoms with E-state index in [4.69, 9.17) is 21.8 Å². The van der Waals surface area contributed by atoms with Gasteiger partial charge in [-0.15, -0.1) is 4.00 Å². The van der Waals surface area contributed by atoms with E-state index in [2.05, 4.69) is 41.4 Å². The number of fused-ring (bicyclic) bond motifs is 2. The number of halogens is 1. The fourth-order valence-corrected chi connectivity index (χ4v) is 4.82. The van der Waals surface area contributed by atoms with E-state index in [0.717, 1.165) is 45.0 Å². The van der Waals surface area contributed by atoms with Crippen LogP contribution in [0, 0.1) is 5.92 Å². The second-order valence-electron chi connectivity index (χ2n) is 8.21. The Kier molecular flexibility index (Phi) is 4.18. The molecule has 1 N–H and O–H groups in total. The molecular formula is C25H20ClN4O+. The molecule has 1 saturated carbocycles. The van der Waals surface area contributed by atoms with Crippen molar-refractivity contribution >= 4 is 40.4 Å². The summed E-state index contributed by atoms with van der Waals surface area (Å²) < 4.78 is 0.00570. The van der Waals surface area contributed by atoms with Gasteiger partial charge in [-0.2, -0.15) is 4.99 Å². The van der Waals surface area contributed by atoms with Crippen LogP contribution in [0.4, 0.5) is 0 Å². The third-order valence-electron chi connectivity index (χ3n) is 6.22. The maximum Gasteiger partial charge on any atom is 0.235 e. The minimum atomic E-state index is -0.271. The van der Waals surface area contributed by atoms with Gasteiger partial charge in [0.1, 0.15) is 11.9 Å². The number of pyridine rings is 1. The van der Waals surface area contributed by atoms with Gasteiger partial charge < -0.3 is 5.11 Å². The zero-order valence-electron chi connectivity index (χ0n) is 16.7. The Labute approximate surface area is 185 Å². The van der Waals surface area contributed by atoms with Gasteiger partial charge >= 0.3 is 0 Å². The van der Waals surface area contributed by atoms with E-state index < -0.39 is 0 Å².